The predicted molar refractivity (Wildman–Crippen MR) is 78.6 cm³/mol. The smallest absolute Gasteiger partial charge is 0.194 e. The van der Waals surface area contributed by atoms with Crippen molar-refractivity contribution in [2.45, 2.75) is 19.9 Å². The summed E-state index contributed by atoms with van der Waals surface area (Å²) in [7, 11) is 3.60. The van der Waals surface area contributed by atoms with Gasteiger partial charge in [0.2, 0.25) is 0 Å². The van der Waals surface area contributed by atoms with Crippen molar-refractivity contribution in [2.75, 3.05) is 33.9 Å². The molecule has 0 aromatic carbocycles. The van der Waals surface area contributed by atoms with Crippen molar-refractivity contribution in [3.05, 3.63) is 16.1 Å². The number of nitrogens with one attached hydrogen (secondary N) is 1. The normalized spacial score (nSPS) is 20.1. The summed E-state index contributed by atoms with van der Waals surface area (Å²) in [6.07, 6.45) is 3.08. The second-order valence-electron chi connectivity index (χ2n) is 4.82. The lowest BCUT2D eigenvalue weighted by atomic mass is 10.1. The van der Waals surface area contributed by atoms with Crippen LogP contribution in [0.1, 0.15) is 16.3 Å². The van der Waals surface area contributed by atoms with Gasteiger partial charge in [0.25, 0.3) is 0 Å². The van der Waals surface area contributed by atoms with Crippen molar-refractivity contribution in [2.24, 2.45) is 10.9 Å². The zero-order valence-electron chi connectivity index (χ0n) is 11.8. The molecule has 2 rings (SSSR count). The van der Waals surface area contributed by atoms with E-state index in [1.54, 1.807) is 18.4 Å². The van der Waals surface area contributed by atoms with E-state index in [1.165, 1.54) is 11.3 Å². The number of methoxy groups -OCH3 is 1. The Morgan fingerprint density at radius 2 is 2.53 bits per heavy atom. The molecule has 106 valence electrons. The molecule has 1 aromatic heterocycles. The van der Waals surface area contributed by atoms with Crippen LogP contribution in [0, 0.1) is 12.8 Å². The summed E-state index contributed by atoms with van der Waals surface area (Å²) in [6.45, 7) is 5.72. The fourth-order valence-electron chi connectivity index (χ4n) is 2.37. The summed E-state index contributed by atoms with van der Waals surface area (Å²) < 4.78 is 5.22. The van der Waals surface area contributed by atoms with Gasteiger partial charge in [-0.3, -0.25) is 4.99 Å². The monoisotopic (exact) mass is 282 g/mol. The highest BCUT2D eigenvalue weighted by Crippen LogP contribution is 2.17. The Morgan fingerprint density at radius 1 is 1.68 bits per heavy atom. The molecule has 5 nitrogen and oxygen atoms in total. The fourth-order valence-corrected chi connectivity index (χ4v) is 3.09. The van der Waals surface area contributed by atoms with Crippen molar-refractivity contribution < 1.29 is 4.74 Å². The van der Waals surface area contributed by atoms with Gasteiger partial charge in [0.05, 0.1) is 13.2 Å². The Balaban J connectivity index is 1.84. The van der Waals surface area contributed by atoms with Gasteiger partial charge in [-0.25, -0.2) is 4.98 Å². The molecule has 1 aliphatic heterocycles. The fraction of sp³-hybridized carbons (Fsp3) is 0.692. The molecule has 2 heterocycles. The molecule has 1 aromatic rings. The number of aryl methyl sites for hydroxylation is 1. The van der Waals surface area contributed by atoms with E-state index in [4.69, 9.17) is 4.74 Å². The number of aliphatic imine (C=N–C) groups is 1. The van der Waals surface area contributed by atoms with E-state index in [0.29, 0.717) is 5.92 Å². The summed E-state index contributed by atoms with van der Waals surface area (Å²) in [6, 6.07) is 0. The molecule has 0 saturated carbocycles. The zero-order valence-corrected chi connectivity index (χ0v) is 12.7. The maximum atomic E-state index is 5.22. The molecule has 1 atom stereocenters. The molecular weight excluding hydrogens is 260 g/mol. The minimum Gasteiger partial charge on any atom is -0.384 e. The lowest BCUT2D eigenvalue weighted by Crippen LogP contribution is -2.39. The molecule has 0 radical (unpaired) electrons. The number of rotatable bonds is 4. The van der Waals surface area contributed by atoms with Crippen LogP contribution in [0.3, 0.4) is 0 Å². The van der Waals surface area contributed by atoms with Gasteiger partial charge in [-0.15, -0.1) is 11.3 Å². The molecule has 0 amide bonds. The number of nitrogens with zero attached hydrogens (tertiary/aromatic N) is 3. The molecule has 0 aliphatic carbocycles. The number of thiazole rings is 1. The Bertz CT molecular complexity index is 432. The number of likely N-dealkylation sites (tertiary alicyclic amines) is 1. The van der Waals surface area contributed by atoms with Crippen LogP contribution in [0.4, 0.5) is 0 Å². The largest absolute Gasteiger partial charge is 0.384 e. The standard InChI is InChI=1S/C13H22N4OS/c1-10-6-15-12(19-10)7-16-13(14-2)17-5-4-11(8-17)9-18-3/h6,11H,4-5,7-9H2,1-3H3,(H,14,16). The Kier molecular flexibility index (Phi) is 5.15. The van der Waals surface area contributed by atoms with Gasteiger partial charge in [0, 0.05) is 44.2 Å². The van der Waals surface area contributed by atoms with Crippen LogP contribution in [0.5, 0.6) is 0 Å². The van der Waals surface area contributed by atoms with Crippen LogP contribution < -0.4 is 5.32 Å². The van der Waals surface area contributed by atoms with Crippen LogP contribution in [0.2, 0.25) is 0 Å². The number of guanidine groups is 1. The highest BCUT2D eigenvalue weighted by Gasteiger charge is 2.24. The Labute approximate surface area is 118 Å². The van der Waals surface area contributed by atoms with E-state index in [2.05, 4.69) is 27.1 Å². The van der Waals surface area contributed by atoms with Gasteiger partial charge < -0.3 is 15.0 Å². The number of ether oxygens (including phenoxy) is 1. The minimum atomic E-state index is 0.616. The summed E-state index contributed by atoms with van der Waals surface area (Å²) >= 11 is 1.72. The summed E-state index contributed by atoms with van der Waals surface area (Å²) in [4.78, 5) is 12.2. The SMILES string of the molecule is CN=C(NCc1ncc(C)s1)N1CCC(COC)C1. The van der Waals surface area contributed by atoms with Crippen molar-refractivity contribution in [3.63, 3.8) is 0 Å². The first-order valence-electron chi connectivity index (χ1n) is 6.58. The average molecular weight is 282 g/mol. The van der Waals surface area contributed by atoms with E-state index >= 15 is 0 Å². The summed E-state index contributed by atoms with van der Waals surface area (Å²) in [5.74, 6) is 1.58. The molecule has 1 unspecified atom stereocenters. The first-order chi connectivity index (χ1) is 9.22. The summed E-state index contributed by atoms with van der Waals surface area (Å²) in [5, 5.41) is 4.49. The molecule has 1 saturated heterocycles. The molecule has 0 bridgehead atoms. The van der Waals surface area contributed by atoms with E-state index in [9.17, 15) is 0 Å². The van der Waals surface area contributed by atoms with Gasteiger partial charge in [0.15, 0.2) is 5.96 Å². The van der Waals surface area contributed by atoms with E-state index in [1.807, 2.05) is 13.2 Å². The molecule has 0 spiro atoms. The lowest BCUT2D eigenvalue weighted by Gasteiger charge is -2.21. The van der Waals surface area contributed by atoms with Gasteiger partial charge in [-0.05, 0) is 13.3 Å². The minimum absolute atomic E-state index is 0.616. The van der Waals surface area contributed by atoms with Gasteiger partial charge in [-0.2, -0.15) is 0 Å². The van der Waals surface area contributed by atoms with Gasteiger partial charge in [-0.1, -0.05) is 0 Å². The first kappa shape index (κ1) is 14.3. The van der Waals surface area contributed by atoms with E-state index < -0.39 is 0 Å². The third-order valence-corrected chi connectivity index (χ3v) is 4.18. The van der Waals surface area contributed by atoms with Crippen molar-refractivity contribution >= 4 is 17.3 Å². The molecule has 1 aliphatic rings. The zero-order chi connectivity index (χ0) is 13.7. The van der Waals surface area contributed by atoms with Crippen molar-refractivity contribution in [3.8, 4) is 0 Å². The van der Waals surface area contributed by atoms with Crippen LogP contribution in [0.15, 0.2) is 11.2 Å². The Hall–Kier alpha value is -1.14. The van der Waals surface area contributed by atoms with Gasteiger partial charge >= 0.3 is 0 Å². The third kappa shape index (κ3) is 3.91. The highest BCUT2D eigenvalue weighted by atomic mass is 32.1. The van der Waals surface area contributed by atoms with Crippen LogP contribution in [0.25, 0.3) is 0 Å². The second kappa shape index (κ2) is 6.86. The first-order valence-corrected chi connectivity index (χ1v) is 7.40. The maximum Gasteiger partial charge on any atom is 0.194 e. The van der Waals surface area contributed by atoms with E-state index in [0.717, 1.165) is 37.2 Å². The Morgan fingerprint density at radius 3 is 3.16 bits per heavy atom. The van der Waals surface area contributed by atoms with Crippen molar-refractivity contribution in [1.29, 1.82) is 0 Å². The van der Waals surface area contributed by atoms with Crippen LogP contribution >= 0.6 is 11.3 Å². The summed E-state index contributed by atoms with van der Waals surface area (Å²) in [5.41, 5.74) is 0. The molecule has 1 fully saturated rings. The number of aromatic nitrogens is 1. The number of hydrogen-bond donors (Lipinski definition) is 1. The van der Waals surface area contributed by atoms with Gasteiger partial charge in [0.1, 0.15) is 5.01 Å². The maximum absolute atomic E-state index is 5.22. The topological polar surface area (TPSA) is 49.8 Å². The van der Waals surface area contributed by atoms with Crippen molar-refractivity contribution in [1.82, 2.24) is 15.2 Å². The average Bonchev–Trinajstić information content (AvgIpc) is 3.01. The highest BCUT2D eigenvalue weighted by molar-refractivity contribution is 7.11. The van der Waals surface area contributed by atoms with E-state index in [-0.39, 0.29) is 0 Å². The quantitative estimate of drug-likeness (QED) is 0.671. The lowest BCUT2D eigenvalue weighted by molar-refractivity contribution is 0.157. The second-order valence-corrected chi connectivity index (χ2v) is 6.14. The third-order valence-electron chi connectivity index (χ3n) is 3.27. The predicted octanol–water partition coefficient (Wildman–Crippen LogP) is 1.50. The molecular formula is C13H22N4OS. The molecule has 6 heteroatoms. The van der Waals surface area contributed by atoms with Crippen LogP contribution in [-0.2, 0) is 11.3 Å². The molecule has 1 N–H and O–H groups in total. The number of hydrogen-bond acceptors (Lipinski definition) is 4. The molecule has 19 heavy (non-hydrogen) atoms. The van der Waals surface area contributed by atoms with Crippen LogP contribution in [-0.4, -0.2) is 49.7 Å².